The standard InChI is InChI=1S/C14H17BrN2S/c1-9(2)8-16-14-17-13(10(3)18-14)11-4-6-12(15)7-5-11/h4-7,9H,8H2,1-3H3,(H,16,17). The van der Waals surface area contributed by atoms with Crippen LogP contribution in [0.5, 0.6) is 0 Å². The number of nitrogens with zero attached hydrogens (tertiary/aromatic N) is 1. The molecule has 0 bridgehead atoms. The molecule has 0 amide bonds. The normalized spacial score (nSPS) is 10.9. The van der Waals surface area contributed by atoms with Crippen LogP contribution in [-0.4, -0.2) is 11.5 Å². The first-order valence-corrected chi connectivity index (χ1v) is 7.64. The zero-order chi connectivity index (χ0) is 13.1. The summed E-state index contributed by atoms with van der Waals surface area (Å²) in [5.41, 5.74) is 2.25. The first-order chi connectivity index (χ1) is 8.56. The number of benzene rings is 1. The van der Waals surface area contributed by atoms with Crippen molar-refractivity contribution in [2.75, 3.05) is 11.9 Å². The van der Waals surface area contributed by atoms with Crippen LogP contribution in [0.3, 0.4) is 0 Å². The van der Waals surface area contributed by atoms with E-state index in [1.54, 1.807) is 11.3 Å². The van der Waals surface area contributed by atoms with E-state index in [9.17, 15) is 0 Å². The highest BCUT2D eigenvalue weighted by Gasteiger charge is 2.09. The molecule has 1 aromatic heterocycles. The summed E-state index contributed by atoms with van der Waals surface area (Å²) in [7, 11) is 0. The summed E-state index contributed by atoms with van der Waals surface area (Å²) in [5.74, 6) is 0.630. The molecule has 0 unspecified atom stereocenters. The molecule has 2 nitrogen and oxygen atoms in total. The quantitative estimate of drug-likeness (QED) is 0.860. The third-order valence-corrected chi connectivity index (χ3v) is 4.03. The highest BCUT2D eigenvalue weighted by Crippen LogP contribution is 2.31. The monoisotopic (exact) mass is 324 g/mol. The van der Waals surface area contributed by atoms with Crippen molar-refractivity contribution in [2.24, 2.45) is 5.92 Å². The minimum absolute atomic E-state index is 0.630. The van der Waals surface area contributed by atoms with E-state index in [2.05, 4.69) is 71.3 Å². The summed E-state index contributed by atoms with van der Waals surface area (Å²) in [4.78, 5) is 5.93. The highest BCUT2D eigenvalue weighted by atomic mass is 79.9. The summed E-state index contributed by atoms with van der Waals surface area (Å²) in [5, 5.41) is 4.40. The Morgan fingerprint density at radius 3 is 2.56 bits per heavy atom. The maximum atomic E-state index is 4.67. The number of aryl methyl sites for hydroxylation is 1. The van der Waals surface area contributed by atoms with Gasteiger partial charge in [-0.3, -0.25) is 0 Å². The van der Waals surface area contributed by atoms with E-state index in [1.165, 1.54) is 10.4 Å². The molecule has 4 heteroatoms. The van der Waals surface area contributed by atoms with E-state index < -0.39 is 0 Å². The van der Waals surface area contributed by atoms with Crippen LogP contribution in [0.4, 0.5) is 5.13 Å². The van der Waals surface area contributed by atoms with E-state index in [-0.39, 0.29) is 0 Å². The molecule has 0 aliphatic carbocycles. The molecule has 0 saturated heterocycles. The first-order valence-electron chi connectivity index (χ1n) is 6.03. The Bertz CT molecular complexity index is 517. The summed E-state index contributed by atoms with van der Waals surface area (Å²) in [6, 6.07) is 8.29. The van der Waals surface area contributed by atoms with Gasteiger partial charge >= 0.3 is 0 Å². The van der Waals surface area contributed by atoms with Crippen LogP contribution in [0.1, 0.15) is 18.7 Å². The summed E-state index contributed by atoms with van der Waals surface area (Å²) < 4.78 is 1.09. The number of halogens is 1. The Hall–Kier alpha value is -0.870. The molecule has 18 heavy (non-hydrogen) atoms. The number of hydrogen-bond acceptors (Lipinski definition) is 3. The molecule has 1 N–H and O–H groups in total. The van der Waals surface area contributed by atoms with Gasteiger partial charge < -0.3 is 5.32 Å². The molecule has 0 aliphatic heterocycles. The summed E-state index contributed by atoms with van der Waals surface area (Å²) in [6.45, 7) is 7.48. The van der Waals surface area contributed by atoms with Crippen molar-refractivity contribution in [1.29, 1.82) is 0 Å². The summed E-state index contributed by atoms with van der Waals surface area (Å²) >= 11 is 5.17. The predicted octanol–water partition coefficient (Wildman–Crippen LogP) is 4.95. The van der Waals surface area contributed by atoms with Crippen LogP contribution in [0, 0.1) is 12.8 Å². The van der Waals surface area contributed by atoms with Crippen molar-refractivity contribution in [3.8, 4) is 11.3 Å². The van der Waals surface area contributed by atoms with E-state index in [1.807, 2.05) is 0 Å². The second kappa shape index (κ2) is 5.85. The third kappa shape index (κ3) is 3.33. The van der Waals surface area contributed by atoms with E-state index in [0.717, 1.165) is 21.8 Å². The van der Waals surface area contributed by atoms with E-state index in [4.69, 9.17) is 0 Å². The van der Waals surface area contributed by atoms with Gasteiger partial charge in [-0.15, -0.1) is 11.3 Å². The maximum Gasteiger partial charge on any atom is 0.183 e. The number of thiazole rings is 1. The first kappa shape index (κ1) is 13.6. The fraction of sp³-hybridized carbons (Fsp3) is 0.357. The van der Waals surface area contributed by atoms with E-state index >= 15 is 0 Å². The number of nitrogens with one attached hydrogen (secondary N) is 1. The molecule has 1 heterocycles. The lowest BCUT2D eigenvalue weighted by atomic mass is 10.1. The topological polar surface area (TPSA) is 24.9 Å². The van der Waals surface area contributed by atoms with Crippen LogP contribution in [0.2, 0.25) is 0 Å². The molecule has 0 radical (unpaired) electrons. The molecule has 2 aromatic rings. The molecule has 2 rings (SSSR count). The lowest BCUT2D eigenvalue weighted by Crippen LogP contribution is -2.07. The van der Waals surface area contributed by atoms with Gasteiger partial charge in [0.2, 0.25) is 0 Å². The van der Waals surface area contributed by atoms with Crippen LogP contribution in [0.15, 0.2) is 28.7 Å². The zero-order valence-corrected chi connectivity index (χ0v) is 13.2. The van der Waals surface area contributed by atoms with Gasteiger partial charge in [-0.1, -0.05) is 41.9 Å². The van der Waals surface area contributed by atoms with Gasteiger partial charge in [-0.2, -0.15) is 0 Å². The predicted molar refractivity (Wildman–Crippen MR) is 83.3 cm³/mol. The van der Waals surface area contributed by atoms with Crippen molar-refractivity contribution in [1.82, 2.24) is 4.98 Å². The van der Waals surface area contributed by atoms with Crippen molar-refractivity contribution in [3.63, 3.8) is 0 Å². The summed E-state index contributed by atoms with van der Waals surface area (Å²) in [6.07, 6.45) is 0. The van der Waals surface area contributed by atoms with Gasteiger partial charge in [0.05, 0.1) is 5.69 Å². The van der Waals surface area contributed by atoms with Crippen molar-refractivity contribution >= 4 is 32.4 Å². The third-order valence-electron chi connectivity index (χ3n) is 2.58. The average molecular weight is 325 g/mol. The van der Waals surface area contributed by atoms with Gasteiger partial charge in [-0.25, -0.2) is 4.98 Å². The smallest absolute Gasteiger partial charge is 0.183 e. The van der Waals surface area contributed by atoms with Gasteiger partial charge in [0.15, 0.2) is 5.13 Å². The molecule has 1 aromatic carbocycles. The Labute approximate surface area is 121 Å². The number of anilines is 1. The second-order valence-corrected chi connectivity index (χ2v) is 6.82. The van der Waals surface area contributed by atoms with Gasteiger partial charge in [0.1, 0.15) is 0 Å². The zero-order valence-electron chi connectivity index (χ0n) is 10.8. The molecular formula is C14H17BrN2S. The molecular weight excluding hydrogens is 308 g/mol. The van der Waals surface area contributed by atoms with Gasteiger partial charge in [0, 0.05) is 21.5 Å². The van der Waals surface area contributed by atoms with Crippen molar-refractivity contribution in [3.05, 3.63) is 33.6 Å². The molecule has 0 fully saturated rings. The van der Waals surface area contributed by atoms with Crippen LogP contribution in [0.25, 0.3) is 11.3 Å². The Balaban J connectivity index is 2.21. The van der Waals surface area contributed by atoms with Crippen LogP contribution in [-0.2, 0) is 0 Å². The maximum absolute atomic E-state index is 4.67. The highest BCUT2D eigenvalue weighted by molar-refractivity contribution is 9.10. The number of hydrogen-bond donors (Lipinski definition) is 1. The molecule has 0 atom stereocenters. The van der Waals surface area contributed by atoms with Crippen molar-refractivity contribution < 1.29 is 0 Å². The minimum Gasteiger partial charge on any atom is -0.361 e. The molecule has 0 spiro atoms. The minimum atomic E-state index is 0.630. The number of rotatable bonds is 4. The fourth-order valence-corrected chi connectivity index (χ4v) is 2.75. The van der Waals surface area contributed by atoms with Crippen LogP contribution >= 0.6 is 27.3 Å². The number of aromatic nitrogens is 1. The van der Waals surface area contributed by atoms with Crippen molar-refractivity contribution in [2.45, 2.75) is 20.8 Å². The Morgan fingerprint density at radius 2 is 1.94 bits per heavy atom. The van der Waals surface area contributed by atoms with Gasteiger partial charge in [0.25, 0.3) is 0 Å². The Kier molecular flexibility index (Phi) is 4.40. The molecule has 0 aliphatic rings. The van der Waals surface area contributed by atoms with Crippen LogP contribution < -0.4 is 5.32 Å². The Morgan fingerprint density at radius 1 is 1.28 bits per heavy atom. The largest absolute Gasteiger partial charge is 0.361 e. The lowest BCUT2D eigenvalue weighted by Gasteiger charge is -2.04. The molecule has 0 saturated carbocycles. The lowest BCUT2D eigenvalue weighted by molar-refractivity contribution is 0.688. The van der Waals surface area contributed by atoms with Gasteiger partial charge in [-0.05, 0) is 25.0 Å². The average Bonchev–Trinajstić information content (AvgIpc) is 2.69. The molecule has 96 valence electrons. The second-order valence-electron chi connectivity index (χ2n) is 4.71. The van der Waals surface area contributed by atoms with E-state index in [0.29, 0.717) is 5.92 Å². The SMILES string of the molecule is Cc1sc(NCC(C)C)nc1-c1ccc(Br)cc1. The fourth-order valence-electron chi connectivity index (χ4n) is 1.64.